The standard InChI is InChI=1S/C15H20N4OS/c1-9-12(16)6-5-7-13(9)21-8-14(20)17-15-10(2)18-19(4)11(15)3/h5-7H,8,16H2,1-4H3,(H,17,20). The number of aromatic nitrogens is 2. The Morgan fingerprint density at radius 2 is 2.10 bits per heavy atom. The summed E-state index contributed by atoms with van der Waals surface area (Å²) in [6.45, 7) is 5.79. The van der Waals surface area contributed by atoms with Gasteiger partial charge in [-0.15, -0.1) is 11.8 Å². The molecule has 6 heteroatoms. The van der Waals surface area contributed by atoms with Gasteiger partial charge in [0.1, 0.15) is 0 Å². The third kappa shape index (κ3) is 3.39. The van der Waals surface area contributed by atoms with Crippen LogP contribution in [0.2, 0.25) is 0 Å². The van der Waals surface area contributed by atoms with E-state index in [0.29, 0.717) is 5.75 Å². The molecule has 2 aromatic rings. The van der Waals surface area contributed by atoms with E-state index in [4.69, 9.17) is 5.73 Å². The van der Waals surface area contributed by atoms with E-state index in [1.165, 1.54) is 11.8 Å². The molecule has 0 aliphatic carbocycles. The minimum absolute atomic E-state index is 0.0407. The predicted octanol–water partition coefficient (Wildman–Crippen LogP) is 2.66. The highest BCUT2D eigenvalue weighted by atomic mass is 32.2. The second-order valence-electron chi connectivity index (χ2n) is 4.98. The van der Waals surface area contributed by atoms with E-state index < -0.39 is 0 Å². The largest absolute Gasteiger partial charge is 0.398 e. The van der Waals surface area contributed by atoms with E-state index in [-0.39, 0.29) is 5.91 Å². The Balaban J connectivity index is 2.01. The average molecular weight is 304 g/mol. The van der Waals surface area contributed by atoms with E-state index in [2.05, 4.69) is 10.4 Å². The summed E-state index contributed by atoms with van der Waals surface area (Å²) in [6.07, 6.45) is 0. The quantitative estimate of drug-likeness (QED) is 0.673. The van der Waals surface area contributed by atoms with Crippen molar-refractivity contribution >= 4 is 29.0 Å². The maximum Gasteiger partial charge on any atom is 0.234 e. The summed E-state index contributed by atoms with van der Waals surface area (Å²) in [5.41, 5.74) is 10.2. The minimum Gasteiger partial charge on any atom is -0.398 e. The lowest BCUT2D eigenvalue weighted by molar-refractivity contribution is -0.113. The Kier molecular flexibility index (Phi) is 4.57. The molecule has 112 valence electrons. The first kappa shape index (κ1) is 15.4. The zero-order valence-electron chi connectivity index (χ0n) is 12.7. The van der Waals surface area contributed by atoms with Crippen LogP contribution in [0.15, 0.2) is 23.1 Å². The number of nitrogen functional groups attached to an aromatic ring is 1. The van der Waals surface area contributed by atoms with Gasteiger partial charge in [0.2, 0.25) is 5.91 Å². The molecule has 0 saturated heterocycles. The normalized spacial score (nSPS) is 10.7. The maximum atomic E-state index is 12.1. The number of anilines is 2. The number of nitrogens with one attached hydrogen (secondary N) is 1. The van der Waals surface area contributed by atoms with E-state index in [1.807, 2.05) is 46.0 Å². The molecule has 0 radical (unpaired) electrons. The van der Waals surface area contributed by atoms with Crippen molar-refractivity contribution in [2.24, 2.45) is 7.05 Å². The topological polar surface area (TPSA) is 72.9 Å². The summed E-state index contributed by atoms with van der Waals surface area (Å²) in [6, 6.07) is 5.74. The van der Waals surface area contributed by atoms with Crippen molar-refractivity contribution in [3.05, 3.63) is 35.2 Å². The number of carbonyl (C=O) groups is 1. The first-order valence-electron chi connectivity index (χ1n) is 6.68. The fourth-order valence-corrected chi connectivity index (χ4v) is 2.93. The van der Waals surface area contributed by atoms with Crippen LogP contribution in [0.25, 0.3) is 0 Å². The highest BCUT2D eigenvalue weighted by Gasteiger charge is 2.13. The second kappa shape index (κ2) is 6.22. The number of rotatable bonds is 4. The fourth-order valence-electron chi connectivity index (χ4n) is 2.06. The van der Waals surface area contributed by atoms with Gasteiger partial charge in [-0.2, -0.15) is 5.10 Å². The highest BCUT2D eigenvalue weighted by molar-refractivity contribution is 8.00. The molecular weight excluding hydrogens is 284 g/mol. The molecule has 1 amide bonds. The van der Waals surface area contributed by atoms with Crippen LogP contribution in [0.1, 0.15) is 17.0 Å². The molecule has 0 saturated carbocycles. The van der Waals surface area contributed by atoms with E-state index in [9.17, 15) is 4.79 Å². The van der Waals surface area contributed by atoms with Gasteiger partial charge in [0.25, 0.3) is 0 Å². The van der Waals surface area contributed by atoms with Crippen LogP contribution in [0.5, 0.6) is 0 Å². The van der Waals surface area contributed by atoms with Gasteiger partial charge >= 0.3 is 0 Å². The van der Waals surface area contributed by atoms with Gasteiger partial charge in [-0.3, -0.25) is 9.48 Å². The molecule has 1 aromatic heterocycles. The summed E-state index contributed by atoms with van der Waals surface area (Å²) in [5.74, 6) is 0.305. The summed E-state index contributed by atoms with van der Waals surface area (Å²) in [4.78, 5) is 13.1. The molecule has 0 fully saturated rings. The van der Waals surface area contributed by atoms with Crippen molar-refractivity contribution in [2.45, 2.75) is 25.7 Å². The van der Waals surface area contributed by atoms with Crippen LogP contribution in [0.4, 0.5) is 11.4 Å². The molecule has 3 N–H and O–H groups in total. The fraction of sp³-hybridized carbons (Fsp3) is 0.333. The predicted molar refractivity (Wildman–Crippen MR) is 87.6 cm³/mol. The molecule has 0 spiro atoms. The summed E-state index contributed by atoms with van der Waals surface area (Å²) in [5, 5.41) is 7.22. The Bertz CT molecular complexity index is 679. The van der Waals surface area contributed by atoms with Crippen LogP contribution < -0.4 is 11.1 Å². The van der Waals surface area contributed by atoms with Crippen molar-refractivity contribution < 1.29 is 4.79 Å². The van der Waals surface area contributed by atoms with Crippen LogP contribution in [-0.2, 0) is 11.8 Å². The molecular formula is C15H20N4OS. The van der Waals surface area contributed by atoms with Gasteiger partial charge in [0.05, 0.1) is 22.8 Å². The summed E-state index contributed by atoms with van der Waals surface area (Å²) < 4.78 is 1.76. The number of aryl methyl sites for hydroxylation is 2. The lowest BCUT2D eigenvalue weighted by atomic mass is 10.2. The molecule has 21 heavy (non-hydrogen) atoms. The number of nitrogens with zero attached hydrogens (tertiary/aromatic N) is 2. The third-order valence-electron chi connectivity index (χ3n) is 3.46. The zero-order chi connectivity index (χ0) is 15.6. The van der Waals surface area contributed by atoms with Crippen molar-refractivity contribution in [2.75, 3.05) is 16.8 Å². The van der Waals surface area contributed by atoms with Crippen LogP contribution in [-0.4, -0.2) is 21.4 Å². The third-order valence-corrected chi connectivity index (χ3v) is 4.62. The van der Waals surface area contributed by atoms with Crippen molar-refractivity contribution in [3.8, 4) is 0 Å². The van der Waals surface area contributed by atoms with Crippen LogP contribution >= 0.6 is 11.8 Å². The molecule has 0 aliphatic heterocycles. The number of nitrogens with two attached hydrogens (primary N) is 1. The van der Waals surface area contributed by atoms with Crippen molar-refractivity contribution in [1.29, 1.82) is 0 Å². The Morgan fingerprint density at radius 3 is 2.71 bits per heavy atom. The Morgan fingerprint density at radius 1 is 1.38 bits per heavy atom. The van der Waals surface area contributed by atoms with Crippen molar-refractivity contribution in [1.82, 2.24) is 9.78 Å². The van der Waals surface area contributed by atoms with Gasteiger partial charge in [0, 0.05) is 17.6 Å². The average Bonchev–Trinajstić information content (AvgIpc) is 2.67. The van der Waals surface area contributed by atoms with Crippen LogP contribution in [0, 0.1) is 20.8 Å². The number of hydrogen-bond acceptors (Lipinski definition) is 4. The van der Waals surface area contributed by atoms with E-state index >= 15 is 0 Å². The highest BCUT2D eigenvalue weighted by Crippen LogP contribution is 2.26. The lowest BCUT2D eigenvalue weighted by Crippen LogP contribution is -2.15. The van der Waals surface area contributed by atoms with E-state index in [1.54, 1.807) is 4.68 Å². The van der Waals surface area contributed by atoms with Gasteiger partial charge in [0.15, 0.2) is 0 Å². The SMILES string of the molecule is Cc1nn(C)c(C)c1NC(=O)CSc1cccc(N)c1C. The molecule has 0 atom stereocenters. The molecule has 0 bridgehead atoms. The van der Waals surface area contributed by atoms with Crippen LogP contribution in [0.3, 0.4) is 0 Å². The smallest absolute Gasteiger partial charge is 0.234 e. The maximum absolute atomic E-state index is 12.1. The first-order chi connectivity index (χ1) is 9.90. The second-order valence-corrected chi connectivity index (χ2v) is 5.99. The molecule has 1 aromatic carbocycles. The number of thioether (sulfide) groups is 1. The van der Waals surface area contributed by atoms with Gasteiger partial charge in [-0.05, 0) is 38.5 Å². The Labute approximate surface area is 128 Å². The molecule has 2 rings (SSSR count). The molecule has 5 nitrogen and oxygen atoms in total. The molecule has 0 aliphatic rings. The van der Waals surface area contributed by atoms with Gasteiger partial charge in [-0.1, -0.05) is 6.07 Å². The minimum atomic E-state index is -0.0407. The number of hydrogen-bond donors (Lipinski definition) is 2. The number of carbonyl (C=O) groups excluding carboxylic acids is 1. The molecule has 0 unspecified atom stereocenters. The number of benzene rings is 1. The lowest BCUT2D eigenvalue weighted by Gasteiger charge is -2.08. The Hall–Kier alpha value is -1.95. The van der Waals surface area contributed by atoms with Gasteiger partial charge < -0.3 is 11.1 Å². The molecule has 1 heterocycles. The number of amides is 1. The summed E-state index contributed by atoms with van der Waals surface area (Å²) >= 11 is 1.49. The van der Waals surface area contributed by atoms with Gasteiger partial charge in [-0.25, -0.2) is 0 Å². The summed E-state index contributed by atoms with van der Waals surface area (Å²) in [7, 11) is 1.86. The monoisotopic (exact) mass is 304 g/mol. The van der Waals surface area contributed by atoms with E-state index in [0.717, 1.165) is 33.2 Å². The first-order valence-corrected chi connectivity index (χ1v) is 7.66. The van der Waals surface area contributed by atoms with Crippen molar-refractivity contribution in [3.63, 3.8) is 0 Å². The zero-order valence-corrected chi connectivity index (χ0v) is 13.5.